The monoisotopic (exact) mass is 193 g/mol. The fourth-order valence-electron chi connectivity index (χ4n) is 1.13. The maximum Gasteiger partial charge on any atom is 0.123 e. The molecule has 1 nitrogen and oxygen atoms in total. The minimum absolute atomic E-state index is 0.245. The molecule has 75 valence electrons. The Hall–Kier alpha value is -1.15. The van der Waals surface area contributed by atoms with Crippen molar-refractivity contribution in [3.05, 3.63) is 48.3 Å². The minimum atomic E-state index is -0.950. The first-order chi connectivity index (χ1) is 6.53. The van der Waals surface area contributed by atoms with Gasteiger partial charge in [0.25, 0.3) is 0 Å². The molecule has 1 rings (SSSR count). The van der Waals surface area contributed by atoms with E-state index in [-0.39, 0.29) is 5.82 Å². The SMILES string of the molecule is [CH]=CC(C)(O)CCc1ccc(F)cc1. The number of rotatable bonds is 4. The molecule has 0 saturated carbocycles. The van der Waals surface area contributed by atoms with Gasteiger partial charge in [-0.05, 0) is 37.5 Å². The molecule has 1 aromatic carbocycles. The molecule has 0 aliphatic carbocycles. The third kappa shape index (κ3) is 3.30. The molecule has 0 bridgehead atoms. The van der Waals surface area contributed by atoms with E-state index in [9.17, 15) is 9.50 Å². The molecule has 0 aromatic heterocycles. The summed E-state index contributed by atoms with van der Waals surface area (Å²) < 4.78 is 12.6. The average Bonchev–Trinajstić information content (AvgIpc) is 2.17. The normalized spacial score (nSPS) is 14.8. The number of hydrogen-bond acceptors (Lipinski definition) is 1. The average molecular weight is 193 g/mol. The Morgan fingerprint density at radius 2 is 2.00 bits per heavy atom. The quantitative estimate of drug-likeness (QED) is 0.779. The highest BCUT2D eigenvalue weighted by Gasteiger charge is 2.14. The molecule has 0 saturated heterocycles. The first-order valence-corrected chi connectivity index (χ1v) is 4.56. The highest BCUT2D eigenvalue weighted by atomic mass is 19.1. The zero-order chi connectivity index (χ0) is 10.6. The largest absolute Gasteiger partial charge is 0.386 e. The van der Waals surface area contributed by atoms with Gasteiger partial charge < -0.3 is 5.11 Å². The number of aryl methyl sites for hydroxylation is 1. The molecule has 1 atom stereocenters. The van der Waals surface area contributed by atoms with Crippen LogP contribution in [-0.2, 0) is 6.42 Å². The summed E-state index contributed by atoms with van der Waals surface area (Å²) in [6, 6.07) is 6.25. The number of hydrogen-bond donors (Lipinski definition) is 1. The Bertz CT molecular complexity index is 301. The highest BCUT2D eigenvalue weighted by Crippen LogP contribution is 2.14. The Kier molecular flexibility index (Phi) is 3.42. The number of aliphatic hydroxyl groups is 1. The third-order valence-corrected chi connectivity index (χ3v) is 2.19. The second kappa shape index (κ2) is 4.38. The van der Waals surface area contributed by atoms with Crippen LogP contribution in [0.15, 0.2) is 30.3 Å². The Labute approximate surface area is 83.9 Å². The standard InChI is InChI=1S/C12H14FO/c1-3-12(2,14)9-8-10-4-6-11(13)7-5-10/h1,3-7,14H,8-9H2,2H3. The van der Waals surface area contributed by atoms with E-state index in [2.05, 4.69) is 0 Å². The predicted molar refractivity (Wildman–Crippen MR) is 54.2 cm³/mol. The van der Waals surface area contributed by atoms with Gasteiger partial charge in [0, 0.05) is 0 Å². The molecule has 0 heterocycles. The van der Waals surface area contributed by atoms with Crippen LogP contribution in [0.3, 0.4) is 0 Å². The Morgan fingerprint density at radius 1 is 1.43 bits per heavy atom. The van der Waals surface area contributed by atoms with Crippen molar-refractivity contribution in [2.45, 2.75) is 25.4 Å². The summed E-state index contributed by atoms with van der Waals surface area (Å²) in [5.41, 5.74) is 0.0440. The molecule has 0 aliphatic heterocycles. The van der Waals surface area contributed by atoms with Crippen molar-refractivity contribution in [2.75, 3.05) is 0 Å². The maximum atomic E-state index is 12.6. The van der Waals surface area contributed by atoms with Gasteiger partial charge in [-0.1, -0.05) is 24.8 Å². The molecule has 0 fully saturated rings. The van der Waals surface area contributed by atoms with Crippen LogP contribution < -0.4 is 0 Å². The first-order valence-electron chi connectivity index (χ1n) is 4.56. The van der Waals surface area contributed by atoms with E-state index >= 15 is 0 Å². The predicted octanol–water partition coefficient (Wildman–Crippen LogP) is 2.50. The van der Waals surface area contributed by atoms with Crippen LogP contribution in [0.25, 0.3) is 0 Å². The van der Waals surface area contributed by atoms with Crippen molar-refractivity contribution in [3.63, 3.8) is 0 Å². The Balaban J connectivity index is 2.54. The topological polar surface area (TPSA) is 20.2 Å². The number of benzene rings is 1. The van der Waals surface area contributed by atoms with Gasteiger partial charge in [0.15, 0.2) is 0 Å². The van der Waals surface area contributed by atoms with Crippen molar-refractivity contribution in [2.24, 2.45) is 0 Å². The third-order valence-electron chi connectivity index (χ3n) is 2.19. The van der Waals surface area contributed by atoms with Crippen LogP contribution in [0, 0.1) is 12.4 Å². The first kappa shape index (κ1) is 10.9. The maximum absolute atomic E-state index is 12.6. The van der Waals surface area contributed by atoms with Gasteiger partial charge in [0.05, 0.1) is 5.60 Å². The molecular weight excluding hydrogens is 179 g/mol. The van der Waals surface area contributed by atoms with Gasteiger partial charge in [0.1, 0.15) is 5.82 Å². The van der Waals surface area contributed by atoms with Crippen LogP contribution in [0.4, 0.5) is 4.39 Å². The fourth-order valence-corrected chi connectivity index (χ4v) is 1.13. The lowest BCUT2D eigenvalue weighted by Gasteiger charge is -2.17. The van der Waals surface area contributed by atoms with E-state index in [0.29, 0.717) is 12.8 Å². The zero-order valence-electron chi connectivity index (χ0n) is 8.20. The molecule has 0 aliphatic rings. The van der Waals surface area contributed by atoms with E-state index in [4.69, 9.17) is 6.58 Å². The summed E-state index contributed by atoms with van der Waals surface area (Å²) in [6.07, 6.45) is 2.49. The van der Waals surface area contributed by atoms with Gasteiger partial charge in [-0.15, -0.1) is 0 Å². The lowest BCUT2D eigenvalue weighted by Crippen LogP contribution is -2.20. The summed E-state index contributed by atoms with van der Waals surface area (Å²) in [5, 5.41) is 9.58. The lowest BCUT2D eigenvalue weighted by atomic mass is 9.97. The molecule has 0 amide bonds. The van der Waals surface area contributed by atoms with Crippen LogP contribution >= 0.6 is 0 Å². The lowest BCUT2D eigenvalue weighted by molar-refractivity contribution is 0.102. The van der Waals surface area contributed by atoms with E-state index in [1.165, 1.54) is 18.2 Å². The molecule has 1 unspecified atom stereocenters. The van der Waals surface area contributed by atoms with Crippen molar-refractivity contribution >= 4 is 0 Å². The summed E-state index contributed by atoms with van der Waals surface area (Å²) >= 11 is 0. The molecule has 14 heavy (non-hydrogen) atoms. The summed E-state index contributed by atoms with van der Waals surface area (Å²) in [6.45, 7) is 6.91. The molecule has 0 spiro atoms. The Morgan fingerprint density at radius 3 is 2.50 bits per heavy atom. The smallest absolute Gasteiger partial charge is 0.123 e. The second-order valence-electron chi connectivity index (χ2n) is 3.65. The summed E-state index contributed by atoms with van der Waals surface area (Å²) in [4.78, 5) is 0. The van der Waals surface area contributed by atoms with Crippen molar-refractivity contribution in [1.29, 1.82) is 0 Å². The molecule has 1 aromatic rings. The second-order valence-corrected chi connectivity index (χ2v) is 3.65. The van der Waals surface area contributed by atoms with Gasteiger partial charge in [-0.2, -0.15) is 0 Å². The van der Waals surface area contributed by atoms with Gasteiger partial charge in [0.2, 0.25) is 0 Å². The minimum Gasteiger partial charge on any atom is -0.386 e. The van der Waals surface area contributed by atoms with Crippen LogP contribution in [0.5, 0.6) is 0 Å². The van der Waals surface area contributed by atoms with Crippen LogP contribution in [0.2, 0.25) is 0 Å². The van der Waals surface area contributed by atoms with Crippen molar-refractivity contribution in [3.8, 4) is 0 Å². The fraction of sp³-hybridized carbons (Fsp3) is 0.333. The molecule has 1 radical (unpaired) electrons. The van der Waals surface area contributed by atoms with Gasteiger partial charge >= 0.3 is 0 Å². The summed E-state index contributed by atoms with van der Waals surface area (Å²) in [7, 11) is 0. The van der Waals surface area contributed by atoms with Crippen LogP contribution in [-0.4, -0.2) is 10.7 Å². The molecule has 2 heteroatoms. The van der Waals surface area contributed by atoms with E-state index in [1.807, 2.05) is 0 Å². The molecule has 1 N–H and O–H groups in total. The summed E-state index contributed by atoms with van der Waals surface area (Å²) in [5.74, 6) is -0.245. The van der Waals surface area contributed by atoms with Crippen LogP contribution in [0.1, 0.15) is 18.9 Å². The van der Waals surface area contributed by atoms with Gasteiger partial charge in [-0.3, -0.25) is 0 Å². The van der Waals surface area contributed by atoms with E-state index in [0.717, 1.165) is 5.56 Å². The van der Waals surface area contributed by atoms with Crippen molar-refractivity contribution < 1.29 is 9.50 Å². The van der Waals surface area contributed by atoms with Crippen molar-refractivity contribution in [1.82, 2.24) is 0 Å². The number of halogens is 1. The van der Waals surface area contributed by atoms with E-state index in [1.54, 1.807) is 19.1 Å². The highest BCUT2D eigenvalue weighted by molar-refractivity contribution is 5.16. The zero-order valence-corrected chi connectivity index (χ0v) is 8.20. The van der Waals surface area contributed by atoms with Gasteiger partial charge in [-0.25, -0.2) is 4.39 Å². The van der Waals surface area contributed by atoms with E-state index < -0.39 is 5.60 Å². The molecular formula is C12H14FO.